The van der Waals surface area contributed by atoms with Crippen molar-refractivity contribution in [2.75, 3.05) is 6.61 Å². The molecular formula is C12H19NO2. The van der Waals surface area contributed by atoms with E-state index in [2.05, 4.69) is 12.2 Å². The summed E-state index contributed by atoms with van der Waals surface area (Å²) in [6.07, 6.45) is 7.96. The predicted molar refractivity (Wildman–Crippen MR) is 60.2 cm³/mol. The van der Waals surface area contributed by atoms with E-state index >= 15 is 0 Å². The average molecular weight is 209 g/mol. The molecule has 0 aliphatic heterocycles. The summed E-state index contributed by atoms with van der Waals surface area (Å²) in [6, 6.07) is 0. The number of carbonyl (C=O) groups excluding carboxylic acids is 1. The minimum atomic E-state index is -0.485. The van der Waals surface area contributed by atoms with Gasteiger partial charge in [-0.2, -0.15) is 0 Å². The van der Waals surface area contributed by atoms with E-state index in [0.29, 0.717) is 6.61 Å². The summed E-state index contributed by atoms with van der Waals surface area (Å²) in [5.74, 6) is -0.263. The van der Waals surface area contributed by atoms with Crippen LogP contribution in [0.2, 0.25) is 0 Å². The van der Waals surface area contributed by atoms with Gasteiger partial charge in [0.15, 0.2) is 0 Å². The first-order valence-corrected chi connectivity index (χ1v) is 5.37. The highest BCUT2D eigenvalue weighted by molar-refractivity contribution is 5.79. The van der Waals surface area contributed by atoms with Crippen molar-refractivity contribution in [3.8, 4) is 0 Å². The van der Waals surface area contributed by atoms with E-state index in [0.717, 1.165) is 18.4 Å². The number of rotatable bonds is 5. The van der Waals surface area contributed by atoms with Gasteiger partial charge in [0.1, 0.15) is 6.10 Å². The highest BCUT2D eigenvalue weighted by Crippen LogP contribution is 2.13. The van der Waals surface area contributed by atoms with Crippen LogP contribution >= 0.6 is 0 Å². The van der Waals surface area contributed by atoms with Crippen molar-refractivity contribution in [1.29, 1.82) is 0 Å². The molecule has 1 rings (SSSR count). The molecule has 0 radical (unpaired) electrons. The van der Waals surface area contributed by atoms with Gasteiger partial charge in [0.2, 0.25) is 5.91 Å². The van der Waals surface area contributed by atoms with Gasteiger partial charge in [-0.15, -0.1) is 0 Å². The summed E-state index contributed by atoms with van der Waals surface area (Å²) in [4.78, 5) is 11.1. The fraction of sp³-hybridized carbons (Fsp3) is 0.583. The molecule has 0 saturated heterocycles. The van der Waals surface area contributed by atoms with Crippen molar-refractivity contribution in [2.24, 2.45) is 11.7 Å². The van der Waals surface area contributed by atoms with Crippen LogP contribution in [0.5, 0.6) is 0 Å². The van der Waals surface area contributed by atoms with E-state index in [1.807, 2.05) is 19.9 Å². The van der Waals surface area contributed by atoms with Crippen molar-refractivity contribution < 1.29 is 9.53 Å². The number of amides is 1. The first-order valence-electron chi connectivity index (χ1n) is 5.37. The zero-order valence-corrected chi connectivity index (χ0v) is 9.40. The third-order valence-corrected chi connectivity index (χ3v) is 2.39. The van der Waals surface area contributed by atoms with Gasteiger partial charge < -0.3 is 10.5 Å². The largest absolute Gasteiger partial charge is 0.367 e. The minimum Gasteiger partial charge on any atom is -0.367 e. The molecule has 0 aromatic heterocycles. The van der Waals surface area contributed by atoms with E-state index < -0.39 is 6.10 Å². The fourth-order valence-electron chi connectivity index (χ4n) is 1.56. The summed E-state index contributed by atoms with van der Waals surface area (Å²) in [6.45, 7) is 4.34. The van der Waals surface area contributed by atoms with E-state index in [-0.39, 0.29) is 11.8 Å². The molecule has 0 heterocycles. The number of allylic oxidation sites excluding steroid dienone is 2. The second kappa shape index (κ2) is 5.71. The third kappa shape index (κ3) is 3.88. The van der Waals surface area contributed by atoms with Crippen LogP contribution in [0.25, 0.3) is 0 Å². The Morgan fingerprint density at radius 1 is 1.53 bits per heavy atom. The van der Waals surface area contributed by atoms with Crippen molar-refractivity contribution in [3.63, 3.8) is 0 Å². The highest BCUT2D eigenvalue weighted by Gasteiger charge is 2.20. The van der Waals surface area contributed by atoms with Crippen LogP contribution in [0, 0.1) is 5.92 Å². The molecular weight excluding hydrogens is 190 g/mol. The number of hydrogen-bond acceptors (Lipinski definition) is 2. The molecule has 1 atom stereocenters. The Kier molecular flexibility index (Phi) is 4.56. The molecule has 0 unspecified atom stereocenters. The predicted octanol–water partition coefficient (Wildman–Crippen LogP) is 1.79. The zero-order chi connectivity index (χ0) is 11.3. The van der Waals surface area contributed by atoms with Crippen molar-refractivity contribution >= 4 is 5.91 Å². The number of ether oxygens (including phenoxy) is 1. The normalized spacial score (nSPS) is 17.7. The summed E-state index contributed by atoms with van der Waals surface area (Å²) < 4.78 is 5.51. The zero-order valence-electron chi connectivity index (χ0n) is 9.40. The van der Waals surface area contributed by atoms with Crippen molar-refractivity contribution in [3.05, 3.63) is 23.8 Å². The maximum atomic E-state index is 11.1. The first-order chi connectivity index (χ1) is 7.11. The third-order valence-electron chi connectivity index (χ3n) is 2.39. The Balaban J connectivity index is 2.43. The maximum absolute atomic E-state index is 11.1. The standard InChI is InChI=1S/C12H19NO2/c1-9(2)11(12(13)14)15-8-10-6-4-3-5-7-10/h4,6-7,9,11H,3,5,8H2,1-2H3,(H2,13,14)/t11-/m0/s1. The quantitative estimate of drug-likeness (QED) is 0.750. The molecule has 1 aliphatic rings. The molecule has 2 N–H and O–H groups in total. The fourth-order valence-corrected chi connectivity index (χ4v) is 1.56. The minimum absolute atomic E-state index is 0.121. The van der Waals surface area contributed by atoms with Gasteiger partial charge in [-0.25, -0.2) is 0 Å². The second-order valence-corrected chi connectivity index (χ2v) is 4.14. The SMILES string of the molecule is CC(C)[C@H](OCC1=CCCC=C1)C(N)=O. The lowest BCUT2D eigenvalue weighted by molar-refractivity contribution is -0.131. The van der Waals surface area contributed by atoms with Gasteiger partial charge in [0, 0.05) is 0 Å². The molecule has 0 aromatic carbocycles. The molecule has 15 heavy (non-hydrogen) atoms. The van der Waals surface area contributed by atoms with Crippen LogP contribution in [0.3, 0.4) is 0 Å². The lowest BCUT2D eigenvalue weighted by atomic mass is 10.1. The van der Waals surface area contributed by atoms with Crippen LogP contribution in [-0.2, 0) is 9.53 Å². The Bertz CT molecular complexity index is 279. The highest BCUT2D eigenvalue weighted by atomic mass is 16.5. The number of carbonyl (C=O) groups is 1. The topological polar surface area (TPSA) is 52.3 Å². The van der Waals surface area contributed by atoms with Gasteiger partial charge >= 0.3 is 0 Å². The summed E-state index contributed by atoms with van der Waals surface area (Å²) in [7, 11) is 0. The summed E-state index contributed by atoms with van der Waals surface area (Å²) in [5.41, 5.74) is 6.38. The lowest BCUT2D eigenvalue weighted by Gasteiger charge is -2.18. The smallest absolute Gasteiger partial charge is 0.246 e. The Hall–Kier alpha value is -1.09. The van der Waals surface area contributed by atoms with Gasteiger partial charge in [0.05, 0.1) is 6.61 Å². The van der Waals surface area contributed by atoms with Crippen LogP contribution in [0.1, 0.15) is 26.7 Å². The molecule has 3 nitrogen and oxygen atoms in total. The Morgan fingerprint density at radius 2 is 2.27 bits per heavy atom. The van der Waals surface area contributed by atoms with E-state index in [1.54, 1.807) is 0 Å². The van der Waals surface area contributed by atoms with Crippen molar-refractivity contribution in [1.82, 2.24) is 0 Å². The second-order valence-electron chi connectivity index (χ2n) is 4.14. The Morgan fingerprint density at radius 3 is 2.73 bits per heavy atom. The molecule has 0 fully saturated rings. The molecule has 0 bridgehead atoms. The number of primary amides is 1. The molecule has 0 saturated carbocycles. The monoisotopic (exact) mass is 209 g/mol. The first kappa shape index (κ1) is 12.0. The maximum Gasteiger partial charge on any atom is 0.246 e. The van der Waals surface area contributed by atoms with E-state index in [1.165, 1.54) is 0 Å². The number of nitrogens with two attached hydrogens (primary N) is 1. The molecule has 0 aromatic rings. The molecule has 1 amide bonds. The van der Waals surface area contributed by atoms with Crippen LogP contribution in [-0.4, -0.2) is 18.6 Å². The molecule has 84 valence electrons. The van der Waals surface area contributed by atoms with E-state index in [4.69, 9.17) is 10.5 Å². The van der Waals surface area contributed by atoms with Gasteiger partial charge in [-0.3, -0.25) is 4.79 Å². The van der Waals surface area contributed by atoms with Gasteiger partial charge in [-0.1, -0.05) is 32.1 Å². The van der Waals surface area contributed by atoms with Crippen LogP contribution in [0.4, 0.5) is 0 Å². The Labute approximate surface area is 91.0 Å². The average Bonchev–Trinajstić information content (AvgIpc) is 2.18. The lowest BCUT2D eigenvalue weighted by Crippen LogP contribution is -2.35. The van der Waals surface area contributed by atoms with Gasteiger partial charge in [-0.05, 0) is 24.3 Å². The molecule has 1 aliphatic carbocycles. The molecule has 3 heteroatoms. The van der Waals surface area contributed by atoms with Gasteiger partial charge in [0.25, 0.3) is 0 Å². The summed E-state index contributed by atoms with van der Waals surface area (Å²) >= 11 is 0. The number of hydrogen-bond donors (Lipinski definition) is 1. The van der Waals surface area contributed by atoms with E-state index in [9.17, 15) is 4.79 Å². The summed E-state index contributed by atoms with van der Waals surface area (Å²) in [5, 5.41) is 0. The van der Waals surface area contributed by atoms with Crippen LogP contribution < -0.4 is 5.73 Å². The molecule has 0 spiro atoms. The van der Waals surface area contributed by atoms with Crippen LogP contribution in [0.15, 0.2) is 23.8 Å². The van der Waals surface area contributed by atoms with Crippen molar-refractivity contribution in [2.45, 2.75) is 32.8 Å².